The molecule has 0 aromatic heterocycles. The molecule has 0 heterocycles. The van der Waals surface area contributed by atoms with Crippen molar-refractivity contribution in [1.29, 1.82) is 0 Å². The minimum absolute atomic E-state index is 0.248. The summed E-state index contributed by atoms with van der Waals surface area (Å²) in [5, 5.41) is 3.15. The Kier molecular flexibility index (Phi) is 7.19. The molecule has 0 bridgehead atoms. The number of carbonyl (C=O) groups is 1. The fourth-order valence-electron chi connectivity index (χ4n) is 3.47. The Morgan fingerprint density at radius 1 is 1.19 bits per heavy atom. The van der Waals surface area contributed by atoms with Gasteiger partial charge in [0.1, 0.15) is 0 Å². The Morgan fingerprint density at radius 2 is 1.76 bits per heavy atom. The van der Waals surface area contributed by atoms with Crippen LogP contribution in [0.1, 0.15) is 67.2 Å². The summed E-state index contributed by atoms with van der Waals surface area (Å²) in [6, 6.07) is 0.550. The lowest BCUT2D eigenvalue weighted by Gasteiger charge is -2.36. The average molecular weight is 296 g/mol. The van der Waals surface area contributed by atoms with E-state index in [1.54, 1.807) is 0 Å². The van der Waals surface area contributed by atoms with Crippen molar-refractivity contribution in [3.8, 4) is 0 Å². The first-order valence-corrected chi connectivity index (χ1v) is 8.77. The van der Waals surface area contributed by atoms with Gasteiger partial charge in [-0.3, -0.25) is 9.69 Å². The minimum Gasteiger partial charge on any atom is -0.355 e. The van der Waals surface area contributed by atoms with E-state index in [2.05, 4.69) is 51.8 Å². The number of nitrogens with one attached hydrogen (secondary N) is 1. The summed E-state index contributed by atoms with van der Waals surface area (Å²) < 4.78 is 0. The van der Waals surface area contributed by atoms with Crippen LogP contribution in [0.15, 0.2) is 0 Å². The highest BCUT2D eigenvalue weighted by Gasteiger charge is 2.32. The molecule has 3 nitrogen and oxygen atoms in total. The molecule has 0 aromatic carbocycles. The van der Waals surface area contributed by atoms with Gasteiger partial charge in [-0.1, -0.05) is 27.7 Å². The van der Waals surface area contributed by atoms with Crippen molar-refractivity contribution < 1.29 is 4.79 Å². The van der Waals surface area contributed by atoms with E-state index in [-0.39, 0.29) is 11.8 Å². The van der Waals surface area contributed by atoms with Crippen LogP contribution in [0.5, 0.6) is 0 Å². The summed E-state index contributed by atoms with van der Waals surface area (Å²) >= 11 is 0. The first-order valence-electron chi connectivity index (χ1n) is 8.77. The van der Waals surface area contributed by atoms with Crippen molar-refractivity contribution in [2.45, 2.75) is 73.3 Å². The Balaban J connectivity index is 2.28. The van der Waals surface area contributed by atoms with Crippen LogP contribution in [0.3, 0.4) is 0 Å². The highest BCUT2D eigenvalue weighted by atomic mass is 16.1. The van der Waals surface area contributed by atoms with Crippen molar-refractivity contribution in [3.05, 3.63) is 0 Å². The van der Waals surface area contributed by atoms with E-state index in [9.17, 15) is 4.79 Å². The molecule has 21 heavy (non-hydrogen) atoms. The SMILES string of the molecule is CCN(CCNC(=O)C1CCC(C(C)(C)C)CC1)C(C)C. The highest BCUT2D eigenvalue weighted by molar-refractivity contribution is 5.78. The highest BCUT2D eigenvalue weighted by Crippen LogP contribution is 2.39. The van der Waals surface area contributed by atoms with Crippen molar-refractivity contribution in [1.82, 2.24) is 10.2 Å². The van der Waals surface area contributed by atoms with Crippen molar-refractivity contribution in [3.63, 3.8) is 0 Å². The topological polar surface area (TPSA) is 32.3 Å². The van der Waals surface area contributed by atoms with Gasteiger partial charge in [-0.05, 0) is 57.4 Å². The summed E-state index contributed by atoms with van der Waals surface area (Å²) in [7, 11) is 0. The van der Waals surface area contributed by atoms with E-state index in [1.165, 1.54) is 12.8 Å². The third kappa shape index (κ3) is 5.98. The molecule has 1 aliphatic rings. The zero-order chi connectivity index (χ0) is 16.0. The fourth-order valence-corrected chi connectivity index (χ4v) is 3.47. The quantitative estimate of drug-likeness (QED) is 0.811. The third-order valence-corrected chi connectivity index (χ3v) is 5.16. The summed E-state index contributed by atoms with van der Waals surface area (Å²) in [4.78, 5) is 14.7. The van der Waals surface area contributed by atoms with E-state index in [0.29, 0.717) is 11.5 Å². The molecule has 1 fully saturated rings. The predicted octanol–water partition coefficient (Wildman–Crippen LogP) is 3.69. The van der Waals surface area contributed by atoms with Crippen LogP contribution >= 0.6 is 0 Å². The molecule has 0 aromatic rings. The van der Waals surface area contributed by atoms with Crippen LogP contribution in [0.4, 0.5) is 0 Å². The second-order valence-electron chi connectivity index (χ2n) is 7.93. The van der Waals surface area contributed by atoms with Crippen LogP contribution < -0.4 is 5.32 Å². The zero-order valence-electron chi connectivity index (χ0n) is 15.0. The van der Waals surface area contributed by atoms with Gasteiger partial charge in [-0.15, -0.1) is 0 Å². The minimum atomic E-state index is 0.248. The zero-order valence-corrected chi connectivity index (χ0v) is 15.0. The standard InChI is InChI=1S/C18H36N2O/c1-7-20(14(2)3)13-12-19-17(21)15-8-10-16(11-9-15)18(4,5)6/h14-16H,7-13H2,1-6H3,(H,19,21). The molecule has 124 valence electrons. The number of carbonyl (C=O) groups excluding carboxylic acids is 1. The molecule has 3 heteroatoms. The number of likely N-dealkylation sites (N-methyl/N-ethyl adjacent to an activating group) is 1. The van der Waals surface area contributed by atoms with Gasteiger partial charge in [0.05, 0.1) is 0 Å². The monoisotopic (exact) mass is 296 g/mol. The molecule has 0 aliphatic heterocycles. The molecule has 0 atom stereocenters. The average Bonchev–Trinajstić information content (AvgIpc) is 2.42. The fraction of sp³-hybridized carbons (Fsp3) is 0.944. The number of amides is 1. The van der Waals surface area contributed by atoms with Crippen molar-refractivity contribution >= 4 is 5.91 Å². The van der Waals surface area contributed by atoms with Gasteiger partial charge in [-0.25, -0.2) is 0 Å². The number of hydrogen-bond donors (Lipinski definition) is 1. The molecule has 1 N–H and O–H groups in total. The molecule has 1 amide bonds. The molecular weight excluding hydrogens is 260 g/mol. The van der Waals surface area contributed by atoms with Gasteiger partial charge in [-0.2, -0.15) is 0 Å². The Hall–Kier alpha value is -0.570. The van der Waals surface area contributed by atoms with Crippen LogP contribution in [0.25, 0.3) is 0 Å². The first-order chi connectivity index (χ1) is 9.75. The smallest absolute Gasteiger partial charge is 0.223 e. The maximum Gasteiger partial charge on any atom is 0.223 e. The largest absolute Gasteiger partial charge is 0.355 e. The predicted molar refractivity (Wildman–Crippen MR) is 90.3 cm³/mol. The Bertz CT molecular complexity index is 312. The molecule has 0 unspecified atom stereocenters. The third-order valence-electron chi connectivity index (χ3n) is 5.16. The lowest BCUT2D eigenvalue weighted by Crippen LogP contribution is -2.41. The molecule has 0 radical (unpaired) electrons. The number of rotatable bonds is 6. The summed E-state index contributed by atoms with van der Waals surface area (Å²) in [5.74, 6) is 1.30. The van der Waals surface area contributed by atoms with Gasteiger partial charge in [0, 0.05) is 25.0 Å². The maximum absolute atomic E-state index is 12.3. The second kappa shape index (κ2) is 8.17. The van der Waals surface area contributed by atoms with Gasteiger partial charge < -0.3 is 5.32 Å². The lowest BCUT2D eigenvalue weighted by atomic mass is 9.70. The Morgan fingerprint density at radius 3 is 2.19 bits per heavy atom. The summed E-state index contributed by atoms with van der Waals surface area (Å²) in [6.45, 7) is 16.3. The van der Waals surface area contributed by atoms with Crippen molar-refractivity contribution in [2.75, 3.05) is 19.6 Å². The molecule has 0 spiro atoms. The normalized spacial score (nSPS) is 23.6. The number of hydrogen-bond acceptors (Lipinski definition) is 2. The molecular formula is C18H36N2O. The van der Waals surface area contributed by atoms with Gasteiger partial charge in [0.2, 0.25) is 5.91 Å². The van der Waals surface area contributed by atoms with E-state index >= 15 is 0 Å². The van der Waals surface area contributed by atoms with Gasteiger partial charge in [0.25, 0.3) is 0 Å². The van der Waals surface area contributed by atoms with Crippen LogP contribution in [-0.2, 0) is 4.79 Å². The van der Waals surface area contributed by atoms with Gasteiger partial charge >= 0.3 is 0 Å². The summed E-state index contributed by atoms with van der Waals surface area (Å²) in [6.07, 6.45) is 4.54. The summed E-state index contributed by atoms with van der Waals surface area (Å²) in [5.41, 5.74) is 0.389. The molecule has 1 aliphatic carbocycles. The second-order valence-corrected chi connectivity index (χ2v) is 7.93. The first kappa shape index (κ1) is 18.5. The van der Waals surface area contributed by atoms with E-state index < -0.39 is 0 Å². The molecule has 1 rings (SSSR count). The lowest BCUT2D eigenvalue weighted by molar-refractivity contribution is -0.126. The van der Waals surface area contributed by atoms with Crippen LogP contribution in [0, 0.1) is 17.3 Å². The van der Waals surface area contributed by atoms with Crippen LogP contribution in [0.2, 0.25) is 0 Å². The molecule has 1 saturated carbocycles. The van der Waals surface area contributed by atoms with E-state index in [0.717, 1.165) is 38.4 Å². The van der Waals surface area contributed by atoms with Crippen molar-refractivity contribution in [2.24, 2.45) is 17.3 Å². The number of nitrogens with zero attached hydrogens (tertiary/aromatic N) is 1. The molecule has 0 saturated heterocycles. The maximum atomic E-state index is 12.3. The van der Waals surface area contributed by atoms with Gasteiger partial charge in [0.15, 0.2) is 0 Å². The van der Waals surface area contributed by atoms with E-state index in [1.807, 2.05) is 0 Å². The van der Waals surface area contributed by atoms with Crippen LogP contribution in [-0.4, -0.2) is 36.5 Å². The Labute approximate surface area is 131 Å². The van der Waals surface area contributed by atoms with E-state index in [4.69, 9.17) is 0 Å².